The molecule has 0 saturated carbocycles. The summed E-state index contributed by atoms with van der Waals surface area (Å²) >= 11 is 2.00. The molecule has 0 amide bonds. The predicted molar refractivity (Wildman–Crippen MR) is 68.4 cm³/mol. The zero-order valence-corrected chi connectivity index (χ0v) is 10.3. The molecule has 0 bridgehead atoms. The van der Waals surface area contributed by atoms with Gasteiger partial charge in [0.2, 0.25) is 0 Å². The third-order valence-corrected chi connectivity index (χ3v) is 4.64. The second-order valence-electron chi connectivity index (χ2n) is 4.54. The van der Waals surface area contributed by atoms with Crippen molar-refractivity contribution in [1.29, 1.82) is 0 Å². The largest absolute Gasteiger partial charge is 0.327 e. The average molecular weight is 221 g/mol. The highest BCUT2D eigenvalue weighted by atomic mass is 32.2. The van der Waals surface area contributed by atoms with Crippen LogP contribution in [-0.4, -0.2) is 17.5 Å². The predicted octanol–water partition coefficient (Wildman–Crippen LogP) is 2.54. The second-order valence-corrected chi connectivity index (χ2v) is 5.61. The first-order chi connectivity index (χ1) is 7.18. The van der Waals surface area contributed by atoms with Crippen LogP contribution in [0.2, 0.25) is 0 Å². The molecule has 2 atom stereocenters. The lowest BCUT2D eigenvalue weighted by atomic mass is 9.90. The van der Waals surface area contributed by atoms with Crippen LogP contribution in [0.5, 0.6) is 0 Å². The van der Waals surface area contributed by atoms with Gasteiger partial charge in [-0.05, 0) is 48.6 Å². The van der Waals surface area contributed by atoms with Gasteiger partial charge in [-0.2, -0.15) is 11.8 Å². The summed E-state index contributed by atoms with van der Waals surface area (Å²) in [6.07, 6.45) is 1.16. The van der Waals surface area contributed by atoms with Crippen molar-refractivity contribution >= 4 is 11.8 Å². The van der Waals surface area contributed by atoms with Gasteiger partial charge in [-0.3, -0.25) is 0 Å². The van der Waals surface area contributed by atoms with Gasteiger partial charge < -0.3 is 5.73 Å². The fourth-order valence-corrected chi connectivity index (χ4v) is 3.61. The molecule has 1 fully saturated rings. The van der Waals surface area contributed by atoms with E-state index in [4.69, 9.17) is 5.73 Å². The summed E-state index contributed by atoms with van der Waals surface area (Å²) in [7, 11) is 0. The molecule has 1 nitrogen and oxygen atoms in total. The van der Waals surface area contributed by atoms with Crippen LogP contribution >= 0.6 is 11.8 Å². The molecule has 0 radical (unpaired) electrons. The summed E-state index contributed by atoms with van der Waals surface area (Å²) in [5, 5.41) is 0. The molecule has 2 unspecified atom stereocenters. The molecular formula is C13H19NS. The summed E-state index contributed by atoms with van der Waals surface area (Å²) in [6, 6.07) is 6.94. The van der Waals surface area contributed by atoms with Crippen LogP contribution in [0.3, 0.4) is 0 Å². The third-order valence-electron chi connectivity index (χ3n) is 3.36. The van der Waals surface area contributed by atoms with Crippen molar-refractivity contribution in [2.24, 2.45) is 11.7 Å². The molecule has 1 aromatic rings. The summed E-state index contributed by atoms with van der Waals surface area (Å²) < 4.78 is 0. The number of benzene rings is 1. The van der Waals surface area contributed by atoms with Crippen LogP contribution < -0.4 is 5.73 Å². The fourth-order valence-electron chi connectivity index (χ4n) is 2.26. The number of thioether (sulfide) groups is 1. The van der Waals surface area contributed by atoms with Crippen LogP contribution in [0.4, 0.5) is 0 Å². The van der Waals surface area contributed by atoms with Crippen molar-refractivity contribution in [3.63, 3.8) is 0 Å². The van der Waals surface area contributed by atoms with Crippen LogP contribution in [0, 0.1) is 19.8 Å². The SMILES string of the molecule is Cc1cccc(C)c1CC1CSCC1N. The van der Waals surface area contributed by atoms with Crippen LogP contribution in [0.25, 0.3) is 0 Å². The van der Waals surface area contributed by atoms with Gasteiger partial charge in [0.05, 0.1) is 0 Å². The Balaban J connectivity index is 2.16. The first-order valence-electron chi connectivity index (χ1n) is 5.57. The summed E-state index contributed by atoms with van der Waals surface area (Å²) in [5.74, 6) is 3.04. The zero-order chi connectivity index (χ0) is 10.8. The van der Waals surface area contributed by atoms with Gasteiger partial charge in [0.25, 0.3) is 0 Å². The van der Waals surface area contributed by atoms with Crippen molar-refractivity contribution in [2.45, 2.75) is 26.3 Å². The summed E-state index contributed by atoms with van der Waals surface area (Å²) in [5.41, 5.74) is 10.5. The molecule has 1 saturated heterocycles. The van der Waals surface area contributed by atoms with Gasteiger partial charge >= 0.3 is 0 Å². The van der Waals surface area contributed by atoms with E-state index in [2.05, 4.69) is 32.0 Å². The number of hydrogen-bond donors (Lipinski definition) is 1. The standard InChI is InChI=1S/C13H19NS/c1-9-4-3-5-10(2)12(9)6-11-7-15-8-13(11)14/h3-5,11,13H,6-8,14H2,1-2H3. The van der Waals surface area contributed by atoms with E-state index in [9.17, 15) is 0 Å². The molecule has 82 valence electrons. The Bertz CT molecular complexity index is 328. The molecule has 15 heavy (non-hydrogen) atoms. The lowest BCUT2D eigenvalue weighted by Crippen LogP contribution is -2.30. The maximum atomic E-state index is 6.11. The Labute approximate surface area is 96.4 Å². The van der Waals surface area contributed by atoms with E-state index in [0.29, 0.717) is 12.0 Å². The summed E-state index contributed by atoms with van der Waals surface area (Å²) in [4.78, 5) is 0. The van der Waals surface area contributed by atoms with Crippen molar-refractivity contribution in [2.75, 3.05) is 11.5 Å². The Hall–Kier alpha value is -0.470. The molecule has 1 aromatic carbocycles. The maximum absolute atomic E-state index is 6.11. The number of aryl methyl sites for hydroxylation is 2. The Morgan fingerprint density at radius 2 is 1.93 bits per heavy atom. The van der Waals surface area contributed by atoms with E-state index in [0.717, 1.165) is 12.2 Å². The normalized spacial score (nSPS) is 25.8. The van der Waals surface area contributed by atoms with Gasteiger partial charge in [-0.25, -0.2) is 0 Å². The first kappa shape index (κ1) is 11.0. The lowest BCUT2D eigenvalue weighted by Gasteiger charge is -2.17. The molecule has 1 aliphatic heterocycles. The van der Waals surface area contributed by atoms with Crippen molar-refractivity contribution in [3.8, 4) is 0 Å². The van der Waals surface area contributed by atoms with Gasteiger partial charge in [-0.15, -0.1) is 0 Å². The second kappa shape index (κ2) is 4.58. The minimum Gasteiger partial charge on any atom is -0.327 e. The highest BCUT2D eigenvalue weighted by Gasteiger charge is 2.25. The minimum absolute atomic E-state index is 0.397. The van der Waals surface area contributed by atoms with E-state index in [1.165, 1.54) is 22.4 Å². The van der Waals surface area contributed by atoms with Gasteiger partial charge in [-0.1, -0.05) is 18.2 Å². The van der Waals surface area contributed by atoms with E-state index in [1.54, 1.807) is 0 Å². The number of hydrogen-bond acceptors (Lipinski definition) is 2. The van der Waals surface area contributed by atoms with Crippen LogP contribution in [-0.2, 0) is 6.42 Å². The van der Waals surface area contributed by atoms with Gasteiger partial charge in [0, 0.05) is 11.8 Å². The summed E-state index contributed by atoms with van der Waals surface area (Å²) in [6.45, 7) is 4.41. The lowest BCUT2D eigenvalue weighted by molar-refractivity contribution is 0.513. The number of rotatable bonds is 2. The topological polar surface area (TPSA) is 26.0 Å². The molecule has 2 N–H and O–H groups in total. The Morgan fingerprint density at radius 1 is 1.27 bits per heavy atom. The molecule has 0 aromatic heterocycles. The number of nitrogens with two attached hydrogens (primary N) is 1. The molecule has 0 spiro atoms. The monoisotopic (exact) mass is 221 g/mol. The Morgan fingerprint density at radius 3 is 2.47 bits per heavy atom. The van der Waals surface area contributed by atoms with Crippen molar-refractivity contribution < 1.29 is 0 Å². The molecule has 2 rings (SSSR count). The third kappa shape index (κ3) is 2.37. The van der Waals surface area contributed by atoms with Crippen molar-refractivity contribution in [1.82, 2.24) is 0 Å². The van der Waals surface area contributed by atoms with E-state index >= 15 is 0 Å². The van der Waals surface area contributed by atoms with E-state index < -0.39 is 0 Å². The smallest absolute Gasteiger partial charge is 0.0170 e. The van der Waals surface area contributed by atoms with E-state index in [1.807, 2.05) is 11.8 Å². The average Bonchev–Trinajstić information content (AvgIpc) is 2.58. The minimum atomic E-state index is 0.397. The van der Waals surface area contributed by atoms with Gasteiger partial charge in [0.15, 0.2) is 0 Å². The van der Waals surface area contributed by atoms with Crippen molar-refractivity contribution in [3.05, 3.63) is 34.9 Å². The highest BCUT2D eigenvalue weighted by molar-refractivity contribution is 7.99. The molecule has 2 heteroatoms. The van der Waals surface area contributed by atoms with E-state index in [-0.39, 0.29) is 0 Å². The van der Waals surface area contributed by atoms with Crippen LogP contribution in [0.1, 0.15) is 16.7 Å². The quantitative estimate of drug-likeness (QED) is 0.830. The fraction of sp³-hybridized carbons (Fsp3) is 0.538. The molecule has 1 aliphatic rings. The molecule has 0 aliphatic carbocycles. The zero-order valence-electron chi connectivity index (χ0n) is 9.49. The highest BCUT2D eigenvalue weighted by Crippen LogP contribution is 2.28. The molecular weight excluding hydrogens is 202 g/mol. The Kier molecular flexibility index (Phi) is 3.37. The first-order valence-corrected chi connectivity index (χ1v) is 6.72. The molecule has 1 heterocycles. The maximum Gasteiger partial charge on any atom is 0.0170 e. The van der Waals surface area contributed by atoms with Gasteiger partial charge in [0.1, 0.15) is 0 Å². The van der Waals surface area contributed by atoms with Crippen LogP contribution in [0.15, 0.2) is 18.2 Å².